The van der Waals surface area contributed by atoms with Gasteiger partial charge in [0.2, 0.25) is 5.91 Å². The van der Waals surface area contributed by atoms with Crippen LogP contribution in [0.4, 0.5) is 10.5 Å². The van der Waals surface area contributed by atoms with Crippen molar-refractivity contribution < 1.29 is 9.59 Å². The Morgan fingerprint density at radius 3 is 2.68 bits per heavy atom. The summed E-state index contributed by atoms with van der Waals surface area (Å²) in [6.45, 7) is 0.738. The van der Waals surface area contributed by atoms with Gasteiger partial charge in [-0.25, -0.2) is 4.79 Å². The highest BCUT2D eigenvalue weighted by atomic mass is 35.5. The molecule has 1 fully saturated rings. The van der Waals surface area contributed by atoms with Crippen LogP contribution in [0.25, 0.3) is 0 Å². The van der Waals surface area contributed by atoms with Crippen molar-refractivity contribution in [2.45, 2.75) is 11.8 Å². The molecular weight excluding hydrogens is 289 g/mol. The summed E-state index contributed by atoms with van der Waals surface area (Å²) in [7, 11) is 0. The van der Waals surface area contributed by atoms with Gasteiger partial charge >= 0.3 is 6.03 Å². The van der Waals surface area contributed by atoms with E-state index in [0.717, 1.165) is 5.56 Å². The molecule has 0 aromatic heterocycles. The average Bonchev–Trinajstić information content (AvgIpc) is 2.88. The molecule has 3 rings (SSSR count). The molecule has 2 heterocycles. The Bertz CT molecular complexity index is 605. The van der Waals surface area contributed by atoms with Crippen LogP contribution in [0, 0.1) is 0 Å². The maximum atomic E-state index is 12.3. The fraction of sp³-hybridized carbons (Fsp3) is 0.333. The van der Waals surface area contributed by atoms with Crippen LogP contribution in [0.15, 0.2) is 12.1 Å². The van der Waals surface area contributed by atoms with E-state index in [1.54, 1.807) is 12.1 Å². The molecule has 7 heteroatoms. The van der Waals surface area contributed by atoms with Gasteiger partial charge < -0.3 is 16.0 Å². The highest BCUT2D eigenvalue weighted by Gasteiger charge is 2.52. The smallest absolute Gasteiger partial charge is 0.314 e. The lowest BCUT2D eigenvalue weighted by Crippen LogP contribution is -2.41. The van der Waals surface area contributed by atoms with Crippen molar-refractivity contribution >= 4 is 40.8 Å². The third kappa shape index (κ3) is 1.69. The molecule has 0 saturated carbocycles. The van der Waals surface area contributed by atoms with Gasteiger partial charge in [0.05, 0.1) is 15.5 Å². The topological polar surface area (TPSA) is 75.4 Å². The Hall–Kier alpha value is -1.46. The van der Waals surface area contributed by atoms with Gasteiger partial charge in [-0.05, 0) is 24.1 Å². The number of halogens is 2. The molecule has 19 heavy (non-hydrogen) atoms. The zero-order valence-corrected chi connectivity index (χ0v) is 11.4. The number of urea groups is 1. The summed E-state index contributed by atoms with van der Waals surface area (Å²) in [5.74, 6) is -0.135. The Balaban J connectivity index is 2.08. The molecule has 0 aliphatic carbocycles. The molecule has 100 valence electrons. The van der Waals surface area contributed by atoms with Gasteiger partial charge in [0.15, 0.2) is 0 Å². The molecule has 1 spiro atoms. The van der Waals surface area contributed by atoms with Gasteiger partial charge in [-0.3, -0.25) is 4.79 Å². The van der Waals surface area contributed by atoms with Gasteiger partial charge in [-0.15, -0.1) is 0 Å². The molecule has 1 aromatic carbocycles. The van der Waals surface area contributed by atoms with Crippen molar-refractivity contribution in [2.24, 2.45) is 5.73 Å². The maximum absolute atomic E-state index is 12.3. The van der Waals surface area contributed by atoms with Crippen molar-refractivity contribution in [1.29, 1.82) is 0 Å². The number of carbonyl (C=O) groups excluding carboxylic acids is 2. The number of anilines is 1. The van der Waals surface area contributed by atoms with Gasteiger partial charge in [0.25, 0.3) is 0 Å². The first-order valence-electron chi connectivity index (χ1n) is 5.79. The monoisotopic (exact) mass is 299 g/mol. The van der Waals surface area contributed by atoms with Crippen molar-refractivity contribution in [1.82, 2.24) is 4.90 Å². The number of carbonyl (C=O) groups is 2. The molecule has 1 aromatic rings. The number of hydrogen-bond acceptors (Lipinski definition) is 2. The Morgan fingerprint density at radius 1 is 1.37 bits per heavy atom. The number of nitrogens with one attached hydrogen (secondary N) is 1. The molecule has 2 aliphatic heterocycles. The van der Waals surface area contributed by atoms with Crippen molar-refractivity contribution in [2.75, 3.05) is 18.4 Å². The molecule has 0 radical (unpaired) electrons. The summed E-state index contributed by atoms with van der Waals surface area (Å²) in [6, 6.07) is 2.82. The third-order valence-corrected chi connectivity index (χ3v) is 4.56. The fourth-order valence-electron chi connectivity index (χ4n) is 2.81. The zero-order chi connectivity index (χ0) is 13.8. The fourth-order valence-corrected chi connectivity index (χ4v) is 3.14. The number of nitrogens with two attached hydrogens (primary N) is 1. The lowest BCUT2D eigenvalue weighted by atomic mass is 9.81. The highest BCUT2D eigenvalue weighted by molar-refractivity contribution is 6.42. The second-order valence-corrected chi connectivity index (χ2v) is 5.67. The molecule has 3 N–H and O–H groups in total. The molecule has 2 aliphatic rings. The second kappa shape index (κ2) is 4.02. The van der Waals surface area contributed by atoms with E-state index < -0.39 is 11.4 Å². The van der Waals surface area contributed by atoms with E-state index in [1.807, 2.05) is 0 Å². The largest absolute Gasteiger partial charge is 0.351 e. The van der Waals surface area contributed by atoms with Crippen molar-refractivity contribution in [3.8, 4) is 0 Å². The predicted molar refractivity (Wildman–Crippen MR) is 72.5 cm³/mol. The van der Waals surface area contributed by atoms with Crippen LogP contribution in [-0.2, 0) is 10.2 Å². The summed E-state index contributed by atoms with van der Waals surface area (Å²) < 4.78 is 0. The van der Waals surface area contributed by atoms with Crippen LogP contribution in [0.1, 0.15) is 12.0 Å². The summed E-state index contributed by atoms with van der Waals surface area (Å²) >= 11 is 12.0. The van der Waals surface area contributed by atoms with E-state index in [9.17, 15) is 9.59 Å². The van der Waals surface area contributed by atoms with E-state index in [2.05, 4.69) is 5.32 Å². The number of benzene rings is 1. The van der Waals surface area contributed by atoms with E-state index in [0.29, 0.717) is 28.7 Å². The molecule has 1 atom stereocenters. The number of hydrogen-bond donors (Lipinski definition) is 2. The van der Waals surface area contributed by atoms with Crippen molar-refractivity contribution in [3.05, 3.63) is 27.7 Å². The number of likely N-dealkylation sites (tertiary alicyclic amines) is 1. The SMILES string of the molecule is NC(=O)N1CC[C@]2(C1)C(=O)Nc1cc(Cl)c(Cl)cc12. The average molecular weight is 300 g/mol. The molecular formula is C12H11Cl2N3O2. The molecule has 1 saturated heterocycles. The maximum Gasteiger partial charge on any atom is 0.314 e. The first-order chi connectivity index (χ1) is 8.94. The zero-order valence-electron chi connectivity index (χ0n) is 9.87. The van der Waals surface area contributed by atoms with Crippen LogP contribution in [0.3, 0.4) is 0 Å². The normalized spacial score (nSPS) is 24.7. The van der Waals surface area contributed by atoms with Crippen LogP contribution in [-0.4, -0.2) is 29.9 Å². The van der Waals surface area contributed by atoms with Gasteiger partial charge in [0, 0.05) is 18.8 Å². The van der Waals surface area contributed by atoms with Gasteiger partial charge in [-0.1, -0.05) is 23.2 Å². The lowest BCUT2D eigenvalue weighted by molar-refractivity contribution is -0.120. The minimum Gasteiger partial charge on any atom is -0.351 e. The number of fused-ring (bicyclic) bond motifs is 2. The van der Waals surface area contributed by atoms with Crippen LogP contribution in [0.2, 0.25) is 10.0 Å². The standard InChI is InChI=1S/C12H11Cl2N3O2/c13-7-3-6-9(4-8(7)14)16-10(18)12(6)1-2-17(5-12)11(15)19/h3-4H,1-2,5H2,(H2,15,19)(H,16,18)/t12-/m1/s1. The number of amides is 3. The van der Waals surface area contributed by atoms with E-state index in [-0.39, 0.29) is 12.5 Å². The van der Waals surface area contributed by atoms with Crippen LogP contribution in [0.5, 0.6) is 0 Å². The quantitative estimate of drug-likeness (QED) is 0.768. The summed E-state index contributed by atoms with van der Waals surface area (Å²) in [5, 5.41) is 3.59. The number of primary amides is 1. The van der Waals surface area contributed by atoms with Crippen molar-refractivity contribution in [3.63, 3.8) is 0 Å². The molecule has 0 bridgehead atoms. The second-order valence-electron chi connectivity index (χ2n) is 4.86. The van der Waals surface area contributed by atoms with Crippen LogP contribution < -0.4 is 11.1 Å². The lowest BCUT2D eigenvalue weighted by Gasteiger charge is -2.21. The Labute approximate surface area is 119 Å². The minimum atomic E-state index is -0.751. The molecule has 3 amide bonds. The number of nitrogens with zero attached hydrogens (tertiary/aromatic N) is 1. The van der Waals surface area contributed by atoms with E-state index >= 15 is 0 Å². The Morgan fingerprint density at radius 2 is 2.05 bits per heavy atom. The Kier molecular flexibility index (Phi) is 2.66. The van der Waals surface area contributed by atoms with Crippen LogP contribution >= 0.6 is 23.2 Å². The molecule has 0 unspecified atom stereocenters. The van der Waals surface area contributed by atoms with E-state index in [4.69, 9.17) is 28.9 Å². The predicted octanol–water partition coefficient (Wildman–Crippen LogP) is 1.97. The first-order valence-corrected chi connectivity index (χ1v) is 6.55. The highest BCUT2D eigenvalue weighted by Crippen LogP contribution is 2.46. The minimum absolute atomic E-state index is 0.135. The first kappa shape index (κ1) is 12.6. The summed E-state index contributed by atoms with van der Waals surface area (Å²) in [5.41, 5.74) is 5.97. The van der Waals surface area contributed by atoms with Gasteiger partial charge in [0.1, 0.15) is 0 Å². The molecule has 5 nitrogen and oxygen atoms in total. The van der Waals surface area contributed by atoms with Gasteiger partial charge in [-0.2, -0.15) is 0 Å². The summed E-state index contributed by atoms with van der Waals surface area (Å²) in [4.78, 5) is 25.0. The third-order valence-electron chi connectivity index (χ3n) is 3.84. The van der Waals surface area contributed by atoms with E-state index in [1.165, 1.54) is 4.90 Å². The number of rotatable bonds is 0. The summed E-state index contributed by atoms with van der Waals surface area (Å²) in [6.07, 6.45) is 0.534.